The van der Waals surface area contributed by atoms with Gasteiger partial charge in [-0.15, -0.1) is 0 Å². The number of likely N-dealkylation sites (N-methyl/N-ethyl adjacent to an activating group) is 1. The number of amides is 4. The molecule has 1 atom stereocenters. The summed E-state index contributed by atoms with van der Waals surface area (Å²) < 4.78 is 0. The number of hydrogen-bond donors (Lipinski definition) is 2. The van der Waals surface area contributed by atoms with E-state index >= 15 is 0 Å². The maximum atomic E-state index is 13.1. The first-order chi connectivity index (χ1) is 12.7. The molecule has 2 aliphatic rings. The number of rotatable bonds is 5. The van der Waals surface area contributed by atoms with Gasteiger partial charge < -0.3 is 5.73 Å². The largest absolute Gasteiger partial charge is 0.329 e. The second-order valence-corrected chi connectivity index (χ2v) is 7.66. The van der Waals surface area contributed by atoms with Crippen LogP contribution in [0.5, 0.6) is 0 Å². The van der Waals surface area contributed by atoms with Crippen molar-refractivity contribution in [1.82, 2.24) is 15.1 Å². The molecule has 1 fully saturated rings. The summed E-state index contributed by atoms with van der Waals surface area (Å²) in [4.78, 5) is 52.4. The molecule has 0 spiro atoms. The molecule has 8 heteroatoms. The van der Waals surface area contributed by atoms with E-state index in [2.05, 4.69) is 5.32 Å². The number of nitrogens with zero attached hydrogens (tertiary/aromatic N) is 2. The number of nitrogens with one attached hydrogen (secondary N) is 1. The summed E-state index contributed by atoms with van der Waals surface area (Å²) in [5.74, 6) is -1.98. The van der Waals surface area contributed by atoms with Gasteiger partial charge in [0.05, 0.1) is 11.1 Å². The van der Waals surface area contributed by atoms with E-state index in [0.29, 0.717) is 29.8 Å². The maximum Gasteiger partial charge on any atom is 0.262 e. The van der Waals surface area contributed by atoms with E-state index < -0.39 is 23.8 Å². The standard InChI is InChI=1S/C19H24N4O4/c1-19(2,10-20)22(3)9-11-5-4-6-12-15(11)18(27)23(17(12)26)13-7-8-14(24)21-16(13)25/h4-6,13H,7-10,20H2,1-3H3,(H,21,24,25). The fraction of sp³-hybridized carbons (Fsp3) is 0.474. The molecule has 0 radical (unpaired) electrons. The Labute approximate surface area is 157 Å². The smallest absolute Gasteiger partial charge is 0.262 e. The first kappa shape index (κ1) is 19.2. The van der Waals surface area contributed by atoms with Gasteiger partial charge >= 0.3 is 0 Å². The van der Waals surface area contributed by atoms with Crippen LogP contribution in [0.4, 0.5) is 0 Å². The zero-order valence-corrected chi connectivity index (χ0v) is 15.7. The zero-order chi connectivity index (χ0) is 19.9. The van der Waals surface area contributed by atoms with Gasteiger partial charge in [-0.1, -0.05) is 12.1 Å². The highest BCUT2D eigenvalue weighted by Crippen LogP contribution is 2.31. The van der Waals surface area contributed by atoms with Gasteiger partial charge in [-0.3, -0.25) is 34.3 Å². The third-order valence-electron chi connectivity index (χ3n) is 5.49. The third-order valence-corrected chi connectivity index (χ3v) is 5.49. The number of carbonyl (C=O) groups is 4. The SMILES string of the molecule is CN(Cc1cccc2c1C(=O)N(C1CCC(=O)NC1=O)C2=O)C(C)(C)CN. The van der Waals surface area contributed by atoms with Crippen LogP contribution in [0.25, 0.3) is 0 Å². The number of benzene rings is 1. The van der Waals surface area contributed by atoms with Crippen molar-refractivity contribution in [1.29, 1.82) is 0 Å². The van der Waals surface area contributed by atoms with Crippen LogP contribution in [-0.4, -0.2) is 58.6 Å². The van der Waals surface area contributed by atoms with Crippen LogP contribution in [0.3, 0.4) is 0 Å². The molecule has 4 amide bonds. The number of hydrogen-bond acceptors (Lipinski definition) is 6. The van der Waals surface area contributed by atoms with Crippen molar-refractivity contribution >= 4 is 23.6 Å². The molecule has 1 unspecified atom stereocenters. The number of fused-ring (bicyclic) bond motifs is 1. The minimum absolute atomic E-state index is 0.101. The van der Waals surface area contributed by atoms with Crippen LogP contribution in [0.1, 0.15) is 53.0 Å². The predicted molar refractivity (Wildman–Crippen MR) is 97.7 cm³/mol. The molecule has 2 heterocycles. The lowest BCUT2D eigenvalue weighted by Gasteiger charge is -2.34. The third kappa shape index (κ3) is 3.26. The quantitative estimate of drug-likeness (QED) is 0.717. The molecule has 3 rings (SSSR count). The first-order valence-corrected chi connectivity index (χ1v) is 8.92. The highest BCUT2D eigenvalue weighted by Gasteiger charge is 2.45. The fourth-order valence-electron chi connectivity index (χ4n) is 3.34. The molecule has 27 heavy (non-hydrogen) atoms. The molecule has 1 aromatic rings. The Morgan fingerprint density at radius 3 is 2.56 bits per heavy atom. The van der Waals surface area contributed by atoms with Crippen molar-refractivity contribution in [2.24, 2.45) is 5.73 Å². The van der Waals surface area contributed by atoms with Crippen LogP contribution in [0.15, 0.2) is 18.2 Å². The molecule has 8 nitrogen and oxygen atoms in total. The van der Waals surface area contributed by atoms with Crippen molar-refractivity contribution in [2.45, 2.75) is 44.8 Å². The molecule has 3 N–H and O–H groups in total. The normalized spacial score (nSPS) is 20.3. The Balaban J connectivity index is 1.93. The highest BCUT2D eigenvalue weighted by molar-refractivity contribution is 6.24. The van der Waals surface area contributed by atoms with Gasteiger partial charge in [0.2, 0.25) is 11.8 Å². The van der Waals surface area contributed by atoms with E-state index in [9.17, 15) is 19.2 Å². The second-order valence-electron chi connectivity index (χ2n) is 7.66. The number of nitrogens with two attached hydrogens (primary N) is 1. The van der Waals surface area contributed by atoms with Crippen LogP contribution in [0, 0.1) is 0 Å². The van der Waals surface area contributed by atoms with Crippen molar-refractivity contribution in [3.05, 3.63) is 34.9 Å². The molecule has 0 saturated carbocycles. The van der Waals surface area contributed by atoms with Gasteiger partial charge in [0, 0.05) is 25.0 Å². The minimum atomic E-state index is -0.957. The Morgan fingerprint density at radius 1 is 1.22 bits per heavy atom. The lowest BCUT2D eigenvalue weighted by molar-refractivity contribution is -0.136. The Hall–Kier alpha value is -2.58. The summed E-state index contributed by atoms with van der Waals surface area (Å²) in [7, 11) is 1.91. The molecular weight excluding hydrogens is 348 g/mol. The number of piperidine rings is 1. The predicted octanol–water partition coefficient (Wildman–Crippen LogP) is 0.257. The van der Waals surface area contributed by atoms with E-state index in [4.69, 9.17) is 5.73 Å². The van der Waals surface area contributed by atoms with Crippen LogP contribution in [0.2, 0.25) is 0 Å². The summed E-state index contributed by atoms with van der Waals surface area (Å²) in [5, 5.41) is 2.20. The van der Waals surface area contributed by atoms with Crippen molar-refractivity contribution in [2.75, 3.05) is 13.6 Å². The zero-order valence-electron chi connectivity index (χ0n) is 15.7. The average Bonchev–Trinajstić information content (AvgIpc) is 2.87. The minimum Gasteiger partial charge on any atom is -0.329 e. The van der Waals surface area contributed by atoms with Crippen LogP contribution >= 0.6 is 0 Å². The second kappa shape index (κ2) is 6.86. The Kier molecular flexibility index (Phi) is 4.88. The topological polar surface area (TPSA) is 113 Å². The number of carbonyl (C=O) groups excluding carboxylic acids is 4. The van der Waals surface area contributed by atoms with Gasteiger partial charge in [0.15, 0.2) is 0 Å². The monoisotopic (exact) mass is 372 g/mol. The molecule has 0 aromatic heterocycles. The Morgan fingerprint density at radius 2 is 1.93 bits per heavy atom. The van der Waals surface area contributed by atoms with Crippen LogP contribution in [-0.2, 0) is 16.1 Å². The van der Waals surface area contributed by atoms with E-state index in [1.807, 2.05) is 25.8 Å². The highest BCUT2D eigenvalue weighted by atomic mass is 16.2. The molecule has 1 aromatic carbocycles. The summed E-state index contributed by atoms with van der Waals surface area (Å²) >= 11 is 0. The van der Waals surface area contributed by atoms with Gasteiger partial charge in [0.25, 0.3) is 11.8 Å². The summed E-state index contributed by atoms with van der Waals surface area (Å²) in [6, 6.07) is 4.18. The molecule has 2 aliphatic heterocycles. The maximum absolute atomic E-state index is 13.1. The molecule has 0 bridgehead atoms. The fourth-order valence-corrected chi connectivity index (χ4v) is 3.34. The summed E-state index contributed by atoms with van der Waals surface area (Å²) in [6.45, 7) is 4.88. The average molecular weight is 372 g/mol. The van der Waals surface area contributed by atoms with Gasteiger partial charge in [0.1, 0.15) is 6.04 Å². The molecule has 144 valence electrons. The molecule has 1 saturated heterocycles. The van der Waals surface area contributed by atoms with Gasteiger partial charge in [-0.05, 0) is 38.9 Å². The lowest BCUT2D eigenvalue weighted by Crippen LogP contribution is -2.54. The van der Waals surface area contributed by atoms with Crippen molar-refractivity contribution in [3.63, 3.8) is 0 Å². The number of imide groups is 2. The van der Waals surface area contributed by atoms with E-state index in [1.165, 1.54) is 0 Å². The lowest BCUT2D eigenvalue weighted by atomic mass is 9.99. The molecule has 0 aliphatic carbocycles. The Bertz CT molecular complexity index is 833. The van der Waals surface area contributed by atoms with E-state index in [1.54, 1.807) is 18.2 Å². The van der Waals surface area contributed by atoms with E-state index in [0.717, 1.165) is 4.90 Å². The van der Waals surface area contributed by atoms with Gasteiger partial charge in [-0.2, -0.15) is 0 Å². The summed E-state index contributed by atoms with van der Waals surface area (Å²) in [6.07, 6.45) is 0.246. The summed E-state index contributed by atoms with van der Waals surface area (Å²) in [5.41, 5.74) is 6.88. The van der Waals surface area contributed by atoms with E-state index in [-0.39, 0.29) is 24.3 Å². The van der Waals surface area contributed by atoms with Gasteiger partial charge in [-0.25, -0.2) is 0 Å². The van der Waals surface area contributed by atoms with Crippen LogP contribution < -0.4 is 11.1 Å². The molecular formula is C19H24N4O4. The van der Waals surface area contributed by atoms with Crippen molar-refractivity contribution in [3.8, 4) is 0 Å². The first-order valence-electron chi connectivity index (χ1n) is 8.92. The van der Waals surface area contributed by atoms with Crippen molar-refractivity contribution < 1.29 is 19.2 Å².